The Kier molecular flexibility index (Phi) is 5.11. The van der Waals surface area contributed by atoms with E-state index in [0.29, 0.717) is 12.1 Å². The minimum atomic E-state index is 0.159. The molecule has 1 aromatic carbocycles. The molecule has 1 saturated carbocycles. The van der Waals surface area contributed by atoms with Crippen molar-refractivity contribution in [1.29, 1.82) is 0 Å². The van der Waals surface area contributed by atoms with Crippen molar-refractivity contribution in [3.63, 3.8) is 0 Å². The number of hydrogen-bond acceptors (Lipinski definition) is 2. The highest BCUT2D eigenvalue weighted by Crippen LogP contribution is 2.46. The molecular formula is C19H31NO. The van der Waals surface area contributed by atoms with Crippen molar-refractivity contribution in [2.75, 3.05) is 13.2 Å². The maximum Gasteiger partial charge on any atom is 0.0658 e. The summed E-state index contributed by atoms with van der Waals surface area (Å²) in [5.41, 5.74) is 1.84. The summed E-state index contributed by atoms with van der Waals surface area (Å²) in [6.07, 6.45) is 2.73. The molecule has 2 rings (SSSR count). The molecule has 0 spiro atoms. The van der Waals surface area contributed by atoms with Gasteiger partial charge in [0.05, 0.1) is 6.10 Å². The molecule has 0 saturated heterocycles. The van der Waals surface area contributed by atoms with Gasteiger partial charge in [0.2, 0.25) is 0 Å². The van der Waals surface area contributed by atoms with E-state index >= 15 is 0 Å². The van der Waals surface area contributed by atoms with Gasteiger partial charge in [0.15, 0.2) is 0 Å². The molecule has 21 heavy (non-hydrogen) atoms. The first-order chi connectivity index (χ1) is 9.94. The van der Waals surface area contributed by atoms with Crippen LogP contribution in [0.1, 0.15) is 53.0 Å². The summed E-state index contributed by atoms with van der Waals surface area (Å²) < 4.78 is 5.89. The number of hydrogen-bond donors (Lipinski definition) is 1. The number of benzene rings is 1. The molecule has 1 aliphatic rings. The fraction of sp³-hybridized carbons (Fsp3) is 0.684. The molecule has 0 radical (unpaired) electrons. The molecule has 3 unspecified atom stereocenters. The Labute approximate surface area is 130 Å². The van der Waals surface area contributed by atoms with Gasteiger partial charge >= 0.3 is 0 Å². The van der Waals surface area contributed by atoms with Crippen molar-refractivity contribution in [2.24, 2.45) is 5.41 Å². The molecule has 1 N–H and O–H groups in total. The van der Waals surface area contributed by atoms with Crippen LogP contribution in [0.4, 0.5) is 0 Å². The van der Waals surface area contributed by atoms with Crippen LogP contribution < -0.4 is 5.32 Å². The molecule has 0 bridgehead atoms. The topological polar surface area (TPSA) is 21.3 Å². The Morgan fingerprint density at radius 3 is 2.48 bits per heavy atom. The lowest BCUT2D eigenvalue weighted by atomic mass is 9.61. The van der Waals surface area contributed by atoms with Gasteiger partial charge in [0.1, 0.15) is 0 Å². The number of rotatable bonds is 7. The first-order valence-corrected chi connectivity index (χ1v) is 8.34. The van der Waals surface area contributed by atoms with Crippen LogP contribution in [0.25, 0.3) is 0 Å². The summed E-state index contributed by atoms with van der Waals surface area (Å²) in [5.74, 6) is 0. The average molecular weight is 289 g/mol. The van der Waals surface area contributed by atoms with Crippen LogP contribution >= 0.6 is 0 Å². The third-order valence-electron chi connectivity index (χ3n) is 5.46. The summed E-state index contributed by atoms with van der Waals surface area (Å²) in [6.45, 7) is 13.2. The standard InChI is InChI=1S/C19H31NO/c1-6-19(5)16(13-17(19)21-7-2)20-14-18(3,4)15-11-9-8-10-12-15/h8-12,16-17,20H,6-7,13-14H2,1-5H3. The number of nitrogens with one attached hydrogen (secondary N) is 1. The summed E-state index contributed by atoms with van der Waals surface area (Å²) in [7, 11) is 0. The van der Waals surface area contributed by atoms with Crippen LogP contribution in [0.5, 0.6) is 0 Å². The number of ether oxygens (including phenoxy) is 1. The lowest BCUT2D eigenvalue weighted by molar-refractivity contribution is -0.126. The maximum absolute atomic E-state index is 5.89. The zero-order valence-corrected chi connectivity index (χ0v) is 14.3. The van der Waals surface area contributed by atoms with Gasteiger partial charge in [0.25, 0.3) is 0 Å². The first kappa shape index (κ1) is 16.5. The molecule has 2 nitrogen and oxygen atoms in total. The van der Waals surface area contributed by atoms with Gasteiger partial charge in [0, 0.05) is 30.0 Å². The van der Waals surface area contributed by atoms with E-state index in [0.717, 1.165) is 19.6 Å². The largest absolute Gasteiger partial charge is 0.378 e. The Hall–Kier alpha value is -0.860. The molecule has 2 heteroatoms. The van der Waals surface area contributed by atoms with E-state index in [1.54, 1.807) is 0 Å². The highest BCUT2D eigenvalue weighted by atomic mass is 16.5. The fourth-order valence-corrected chi connectivity index (χ4v) is 3.44. The summed E-state index contributed by atoms with van der Waals surface area (Å²) >= 11 is 0. The molecule has 0 aliphatic heterocycles. The molecule has 1 fully saturated rings. The summed E-state index contributed by atoms with van der Waals surface area (Å²) in [6, 6.07) is 11.4. The van der Waals surface area contributed by atoms with E-state index in [2.05, 4.69) is 70.3 Å². The lowest BCUT2D eigenvalue weighted by Gasteiger charge is -2.54. The third-order valence-corrected chi connectivity index (χ3v) is 5.46. The molecule has 0 amide bonds. The fourth-order valence-electron chi connectivity index (χ4n) is 3.44. The van der Waals surface area contributed by atoms with Crippen LogP contribution in [-0.4, -0.2) is 25.3 Å². The quantitative estimate of drug-likeness (QED) is 0.814. The van der Waals surface area contributed by atoms with E-state index in [-0.39, 0.29) is 10.8 Å². The van der Waals surface area contributed by atoms with Crippen LogP contribution in [0.15, 0.2) is 30.3 Å². The average Bonchev–Trinajstić information content (AvgIpc) is 2.50. The lowest BCUT2D eigenvalue weighted by Crippen LogP contribution is -2.63. The molecule has 0 heterocycles. The first-order valence-electron chi connectivity index (χ1n) is 8.34. The molecule has 0 aromatic heterocycles. The van der Waals surface area contributed by atoms with Crippen molar-refractivity contribution in [1.82, 2.24) is 5.32 Å². The van der Waals surface area contributed by atoms with Gasteiger partial charge in [-0.1, -0.05) is 58.0 Å². The summed E-state index contributed by atoms with van der Waals surface area (Å²) in [5, 5.41) is 3.81. The third kappa shape index (κ3) is 3.32. The van der Waals surface area contributed by atoms with Crippen LogP contribution in [0.2, 0.25) is 0 Å². The highest BCUT2D eigenvalue weighted by Gasteiger charge is 2.51. The molecule has 1 aliphatic carbocycles. The Morgan fingerprint density at radius 1 is 1.24 bits per heavy atom. The van der Waals surface area contributed by atoms with Gasteiger partial charge in [-0.25, -0.2) is 0 Å². The molecular weight excluding hydrogens is 258 g/mol. The van der Waals surface area contributed by atoms with Gasteiger partial charge < -0.3 is 10.1 Å². The van der Waals surface area contributed by atoms with Crippen molar-refractivity contribution in [2.45, 2.75) is 65.0 Å². The van der Waals surface area contributed by atoms with Gasteiger partial charge in [-0.3, -0.25) is 0 Å². The second-order valence-corrected chi connectivity index (χ2v) is 7.22. The van der Waals surface area contributed by atoms with E-state index in [9.17, 15) is 0 Å². The van der Waals surface area contributed by atoms with Crippen molar-refractivity contribution in [3.8, 4) is 0 Å². The summed E-state index contributed by atoms with van der Waals surface area (Å²) in [4.78, 5) is 0. The monoisotopic (exact) mass is 289 g/mol. The SMILES string of the molecule is CCOC1CC(NCC(C)(C)c2ccccc2)C1(C)CC. The van der Waals surface area contributed by atoms with Gasteiger partial charge in [-0.15, -0.1) is 0 Å². The Balaban J connectivity index is 1.94. The van der Waals surface area contributed by atoms with E-state index in [1.165, 1.54) is 12.0 Å². The van der Waals surface area contributed by atoms with Crippen LogP contribution in [0, 0.1) is 5.41 Å². The smallest absolute Gasteiger partial charge is 0.0658 e. The van der Waals surface area contributed by atoms with Crippen molar-refractivity contribution < 1.29 is 4.74 Å². The zero-order chi connectivity index (χ0) is 15.5. The Morgan fingerprint density at radius 2 is 1.90 bits per heavy atom. The Bertz CT molecular complexity index is 442. The molecule has 3 atom stereocenters. The second-order valence-electron chi connectivity index (χ2n) is 7.22. The predicted molar refractivity (Wildman–Crippen MR) is 89.7 cm³/mol. The van der Waals surface area contributed by atoms with E-state index in [1.807, 2.05) is 0 Å². The zero-order valence-electron chi connectivity index (χ0n) is 14.3. The van der Waals surface area contributed by atoms with E-state index < -0.39 is 0 Å². The van der Waals surface area contributed by atoms with E-state index in [4.69, 9.17) is 4.74 Å². The highest BCUT2D eigenvalue weighted by molar-refractivity contribution is 5.24. The van der Waals surface area contributed by atoms with Crippen LogP contribution in [0.3, 0.4) is 0 Å². The maximum atomic E-state index is 5.89. The van der Waals surface area contributed by atoms with Gasteiger partial charge in [-0.05, 0) is 25.3 Å². The second kappa shape index (κ2) is 6.50. The predicted octanol–water partition coefficient (Wildman–Crippen LogP) is 4.15. The minimum Gasteiger partial charge on any atom is -0.378 e. The van der Waals surface area contributed by atoms with Crippen molar-refractivity contribution in [3.05, 3.63) is 35.9 Å². The minimum absolute atomic E-state index is 0.159. The van der Waals surface area contributed by atoms with Crippen LogP contribution in [-0.2, 0) is 10.2 Å². The van der Waals surface area contributed by atoms with Crippen molar-refractivity contribution >= 4 is 0 Å². The molecule has 118 valence electrons. The molecule has 1 aromatic rings. The normalized spacial score (nSPS) is 29.2. The van der Waals surface area contributed by atoms with Gasteiger partial charge in [-0.2, -0.15) is 0 Å².